The Hall–Kier alpha value is -1.64. The van der Waals surface area contributed by atoms with Gasteiger partial charge in [0, 0.05) is 14.2 Å². The topological polar surface area (TPSA) is 40.5 Å². The molecule has 0 aromatic heterocycles. The van der Waals surface area contributed by atoms with Crippen molar-refractivity contribution in [3.05, 3.63) is 71.8 Å². The molecule has 2 heteroatoms. The zero-order valence-corrected chi connectivity index (χ0v) is 15.1. The minimum atomic E-state index is 1.00. The number of rotatable bonds is 2. The molecule has 0 heterocycles. The molecule has 0 atom stereocenters. The lowest BCUT2D eigenvalue weighted by atomic mass is 10.1. The summed E-state index contributed by atoms with van der Waals surface area (Å²) >= 11 is 0. The Balaban J connectivity index is -0.000000344. The molecule has 0 spiro atoms. The summed E-state index contributed by atoms with van der Waals surface area (Å²) < 4.78 is 0. The van der Waals surface area contributed by atoms with Crippen molar-refractivity contribution in [3.8, 4) is 0 Å². The number of aliphatic hydroxyl groups excluding tert-OH is 2. The Bertz CT molecular complexity index is 334. The second kappa shape index (κ2) is 24.4. The predicted molar refractivity (Wildman–Crippen MR) is 99.3 cm³/mol. The normalized spacial score (nSPS) is 7.45. The summed E-state index contributed by atoms with van der Waals surface area (Å²) in [5, 5.41) is 14.0. The van der Waals surface area contributed by atoms with Gasteiger partial charge >= 0.3 is 0 Å². The van der Waals surface area contributed by atoms with Crippen molar-refractivity contribution >= 4 is 0 Å². The van der Waals surface area contributed by atoms with Crippen LogP contribution in [0.1, 0.15) is 45.2 Å². The number of aliphatic hydroxyl groups is 2. The van der Waals surface area contributed by atoms with Crippen molar-refractivity contribution in [3.63, 3.8) is 0 Å². The van der Waals surface area contributed by atoms with Crippen LogP contribution in [0.2, 0.25) is 0 Å². The maximum Gasteiger partial charge on any atom is 0.0319 e. The van der Waals surface area contributed by atoms with Gasteiger partial charge in [-0.15, -0.1) is 0 Å². The van der Waals surface area contributed by atoms with Gasteiger partial charge in [0.15, 0.2) is 0 Å². The zero-order valence-electron chi connectivity index (χ0n) is 15.1. The summed E-state index contributed by atoms with van der Waals surface area (Å²) in [6, 6.07) is 21.1. The molecule has 2 N–H and O–H groups in total. The van der Waals surface area contributed by atoms with Gasteiger partial charge in [-0.05, 0) is 17.5 Å². The minimum Gasteiger partial charge on any atom is -0.400 e. The van der Waals surface area contributed by atoms with Crippen LogP contribution in [0.15, 0.2) is 60.7 Å². The molecule has 22 heavy (non-hydrogen) atoms. The molecule has 2 nitrogen and oxygen atoms in total. The first-order chi connectivity index (χ1) is 10.9. The molecule has 0 unspecified atom stereocenters. The Morgan fingerprint density at radius 1 is 0.591 bits per heavy atom. The fourth-order valence-electron chi connectivity index (χ4n) is 1.43. The van der Waals surface area contributed by atoms with E-state index in [1.807, 2.05) is 13.8 Å². The van der Waals surface area contributed by atoms with Crippen LogP contribution >= 0.6 is 0 Å². The molecule has 0 saturated carbocycles. The molecular weight excluding hydrogens is 272 g/mol. The lowest BCUT2D eigenvalue weighted by Gasteiger charge is -2.00. The number of hydrogen-bond donors (Lipinski definition) is 2. The standard InChI is InChI=1S/C13H12.C3H8.C2H6.2CH4O/c1-3-7-12(8-4-1)11-13-9-5-2-6-10-13;1-3-2;3*1-2/h1-10H,11H2;3H2,1-2H3;1-2H3;2*2H,1H3. The maximum atomic E-state index is 7.00. The van der Waals surface area contributed by atoms with E-state index >= 15 is 0 Å². The van der Waals surface area contributed by atoms with Crippen molar-refractivity contribution < 1.29 is 10.2 Å². The van der Waals surface area contributed by atoms with Gasteiger partial charge in [-0.25, -0.2) is 0 Å². The average molecular weight is 306 g/mol. The van der Waals surface area contributed by atoms with Gasteiger partial charge in [0.2, 0.25) is 0 Å². The molecule has 2 aromatic rings. The highest BCUT2D eigenvalue weighted by Crippen LogP contribution is 2.07. The van der Waals surface area contributed by atoms with E-state index in [9.17, 15) is 0 Å². The van der Waals surface area contributed by atoms with Crippen molar-refractivity contribution in [2.45, 2.75) is 40.5 Å². The van der Waals surface area contributed by atoms with Crippen molar-refractivity contribution in [1.82, 2.24) is 0 Å². The summed E-state index contributed by atoms with van der Waals surface area (Å²) in [5.74, 6) is 0. The van der Waals surface area contributed by atoms with Gasteiger partial charge in [0.05, 0.1) is 0 Å². The average Bonchev–Trinajstić information content (AvgIpc) is 2.63. The van der Waals surface area contributed by atoms with E-state index in [2.05, 4.69) is 74.5 Å². The van der Waals surface area contributed by atoms with E-state index in [0.29, 0.717) is 0 Å². The molecule has 2 rings (SSSR count). The van der Waals surface area contributed by atoms with Gasteiger partial charge < -0.3 is 10.2 Å². The lowest BCUT2D eigenvalue weighted by molar-refractivity contribution is 0.399. The fraction of sp³-hybridized carbons (Fsp3) is 0.400. The highest BCUT2D eigenvalue weighted by atomic mass is 16.2. The van der Waals surface area contributed by atoms with E-state index in [1.165, 1.54) is 17.5 Å². The van der Waals surface area contributed by atoms with E-state index < -0.39 is 0 Å². The quantitative estimate of drug-likeness (QED) is 0.825. The van der Waals surface area contributed by atoms with Gasteiger partial charge in [0.25, 0.3) is 0 Å². The monoisotopic (exact) mass is 306 g/mol. The molecule has 0 saturated heterocycles. The first kappa shape index (κ1) is 25.3. The Kier molecular flexibility index (Phi) is 28.1. The van der Waals surface area contributed by atoms with Crippen LogP contribution in [-0.2, 0) is 6.42 Å². The molecule has 2 aromatic carbocycles. The van der Waals surface area contributed by atoms with Crippen molar-refractivity contribution in [2.24, 2.45) is 0 Å². The van der Waals surface area contributed by atoms with Crippen LogP contribution in [0.25, 0.3) is 0 Å². The van der Waals surface area contributed by atoms with E-state index in [-0.39, 0.29) is 0 Å². The highest BCUT2D eigenvalue weighted by molar-refractivity contribution is 5.25. The molecule has 0 radical (unpaired) electrons. The SMILES string of the molecule is CC.CCC.CO.CO.c1ccc(Cc2ccccc2)cc1. The summed E-state index contributed by atoms with van der Waals surface area (Å²) in [6.07, 6.45) is 2.28. The largest absolute Gasteiger partial charge is 0.400 e. The molecule has 0 aliphatic carbocycles. The third kappa shape index (κ3) is 16.4. The molecule has 0 fully saturated rings. The van der Waals surface area contributed by atoms with Crippen molar-refractivity contribution in [1.29, 1.82) is 0 Å². The fourth-order valence-corrected chi connectivity index (χ4v) is 1.43. The van der Waals surface area contributed by atoms with Gasteiger partial charge in [-0.3, -0.25) is 0 Å². The number of benzene rings is 2. The Morgan fingerprint density at radius 3 is 1.05 bits per heavy atom. The third-order valence-electron chi connectivity index (χ3n) is 2.09. The molecule has 0 aliphatic heterocycles. The first-order valence-corrected chi connectivity index (χ1v) is 7.84. The van der Waals surface area contributed by atoms with Gasteiger partial charge in [0.1, 0.15) is 0 Å². The second-order valence-electron chi connectivity index (χ2n) is 3.86. The molecule has 0 amide bonds. The molecular formula is C20H34O2. The van der Waals surface area contributed by atoms with Crippen LogP contribution in [0.5, 0.6) is 0 Å². The van der Waals surface area contributed by atoms with Crippen LogP contribution < -0.4 is 0 Å². The highest BCUT2D eigenvalue weighted by Gasteiger charge is 1.92. The maximum absolute atomic E-state index is 7.00. The van der Waals surface area contributed by atoms with Crippen LogP contribution in [-0.4, -0.2) is 24.4 Å². The van der Waals surface area contributed by atoms with Gasteiger partial charge in [-0.1, -0.05) is 94.8 Å². The van der Waals surface area contributed by atoms with E-state index in [1.54, 1.807) is 0 Å². The second-order valence-corrected chi connectivity index (χ2v) is 3.86. The third-order valence-corrected chi connectivity index (χ3v) is 2.09. The summed E-state index contributed by atoms with van der Waals surface area (Å²) in [4.78, 5) is 0. The Labute approximate surface area is 137 Å². The minimum absolute atomic E-state index is 1.00. The summed E-state index contributed by atoms with van der Waals surface area (Å²) in [6.45, 7) is 8.25. The summed E-state index contributed by atoms with van der Waals surface area (Å²) in [7, 11) is 2.00. The molecule has 126 valence electrons. The summed E-state index contributed by atoms with van der Waals surface area (Å²) in [5.41, 5.74) is 2.74. The Morgan fingerprint density at radius 2 is 0.818 bits per heavy atom. The number of hydrogen-bond acceptors (Lipinski definition) is 2. The smallest absolute Gasteiger partial charge is 0.0319 e. The van der Waals surface area contributed by atoms with Crippen LogP contribution in [0.3, 0.4) is 0 Å². The predicted octanol–water partition coefficient (Wildman–Crippen LogP) is 4.94. The molecule has 0 aliphatic rings. The van der Waals surface area contributed by atoms with Crippen LogP contribution in [0.4, 0.5) is 0 Å². The first-order valence-electron chi connectivity index (χ1n) is 7.84. The molecule has 0 bridgehead atoms. The lowest BCUT2D eigenvalue weighted by Crippen LogP contribution is -1.85. The van der Waals surface area contributed by atoms with E-state index in [0.717, 1.165) is 20.6 Å². The van der Waals surface area contributed by atoms with Crippen LogP contribution in [0, 0.1) is 0 Å². The van der Waals surface area contributed by atoms with Gasteiger partial charge in [-0.2, -0.15) is 0 Å². The zero-order chi connectivity index (χ0) is 17.6. The van der Waals surface area contributed by atoms with E-state index in [4.69, 9.17) is 10.2 Å². The van der Waals surface area contributed by atoms with Crippen molar-refractivity contribution in [2.75, 3.05) is 14.2 Å².